The van der Waals surface area contributed by atoms with Gasteiger partial charge in [0.1, 0.15) is 0 Å². The number of thiocarbonyl (C=S) groups is 1. The molecule has 3 N–H and O–H groups in total. The minimum absolute atomic E-state index is 0.288. The van der Waals surface area contributed by atoms with Gasteiger partial charge in [-0.15, -0.1) is 5.10 Å². The van der Waals surface area contributed by atoms with Gasteiger partial charge in [-0.1, -0.05) is 16.1 Å². The quantitative estimate of drug-likeness (QED) is 0.518. The zero-order valence-electron chi connectivity index (χ0n) is 15.1. The molecular weight excluding hydrogens is 416 g/mol. The minimum atomic E-state index is -0.302. The average Bonchev–Trinajstić information content (AvgIpc) is 3.17. The Morgan fingerprint density at radius 2 is 1.68 bits per heavy atom. The van der Waals surface area contributed by atoms with E-state index in [0.717, 1.165) is 28.6 Å². The van der Waals surface area contributed by atoms with Gasteiger partial charge in [-0.2, -0.15) is 0 Å². The first kappa shape index (κ1) is 20.0. The summed E-state index contributed by atoms with van der Waals surface area (Å²) >= 11 is 12.7. The number of hydrogen-bond acceptors (Lipinski definition) is 6. The maximum atomic E-state index is 12.0. The molecule has 0 saturated carbocycles. The van der Waals surface area contributed by atoms with Gasteiger partial charge in [0, 0.05) is 47.2 Å². The Morgan fingerprint density at radius 3 is 2.29 bits per heavy atom. The Balaban J connectivity index is 1.59. The number of halogens is 1. The van der Waals surface area contributed by atoms with Crippen LogP contribution in [0.2, 0.25) is 5.02 Å². The van der Waals surface area contributed by atoms with Crippen LogP contribution in [-0.2, 0) is 0 Å². The second-order valence-corrected chi connectivity index (χ2v) is 7.45. The first-order chi connectivity index (χ1) is 13.4. The van der Waals surface area contributed by atoms with Crippen molar-refractivity contribution in [3.8, 4) is 0 Å². The van der Waals surface area contributed by atoms with E-state index in [4.69, 9.17) is 23.8 Å². The molecule has 1 amide bonds. The lowest BCUT2D eigenvalue weighted by Crippen LogP contribution is -2.19. The summed E-state index contributed by atoms with van der Waals surface area (Å²) in [6.07, 6.45) is 0. The Labute approximate surface area is 176 Å². The fourth-order valence-electron chi connectivity index (χ4n) is 2.29. The number of carbonyl (C=O) groups excluding carboxylic acids is 1. The molecule has 0 spiro atoms. The highest BCUT2D eigenvalue weighted by Gasteiger charge is 2.09. The van der Waals surface area contributed by atoms with Gasteiger partial charge in [0.2, 0.25) is 0 Å². The molecule has 3 rings (SSSR count). The van der Waals surface area contributed by atoms with Crippen LogP contribution in [0.25, 0.3) is 0 Å². The fraction of sp³-hybridized carbons (Fsp3) is 0.111. The zero-order valence-corrected chi connectivity index (χ0v) is 17.5. The van der Waals surface area contributed by atoms with Gasteiger partial charge < -0.3 is 20.9 Å². The number of benzene rings is 2. The van der Waals surface area contributed by atoms with Crippen molar-refractivity contribution in [1.82, 2.24) is 9.59 Å². The van der Waals surface area contributed by atoms with E-state index in [9.17, 15) is 4.79 Å². The molecule has 0 radical (unpaired) electrons. The third-order valence-electron chi connectivity index (χ3n) is 3.65. The molecule has 0 aliphatic heterocycles. The van der Waals surface area contributed by atoms with Crippen molar-refractivity contribution in [2.24, 2.45) is 0 Å². The van der Waals surface area contributed by atoms with E-state index in [1.54, 1.807) is 23.6 Å². The highest BCUT2D eigenvalue weighted by molar-refractivity contribution is 7.80. The average molecular weight is 433 g/mol. The molecule has 0 bridgehead atoms. The lowest BCUT2D eigenvalue weighted by Gasteiger charge is -2.16. The number of amides is 1. The summed E-state index contributed by atoms with van der Waals surface area (Å²) in [6.45, 7) is 0. The summed E-state index contributed by atoms with van der Waals surface area (Å²) in [5.41, 5.74) is 3.47. The normalized spacial score (nSPS) is 10.2. The van der Waals surface area contributed by atoms with Crippen LogP contribution in [0.5, 0.6) is 0 Å². The minimum Gasteiger partial charge on any atom is -0.378 e. The number of nitrogens with zero attached hydrogens (tertiary/aromatic N) is 3. The standard InChI is InChI=1S/C18H17ClN6OS2/c1-25(2)15-8-11(19)7-14(9-15)22-18(27)21-13-5-3-12(4-6-13)20-17(26)16-10-28-24-23-16/h3-10H,1-2H3,(H,20,26)(H2,21,22,27). The van der Waals surface area contributed by atoms with Crippen LogP contribution >= 0.6 is 35.4 Å². The monoisotopic (exact) mass is 432 g/mol. The molecule has 0 fully saturated rings. The van der Waals surface area contributed by atoms with Gasteiger partial charge in [0.05, 0.1) is 0 Å². The largest absolute Gasteiger partial charge is 0.378 e. The highest BCUT2D eigenvalue weighted by atomic mass is 35.5. The van der Waals surface area contributed by atoms with Crippen LogP contribution < -0.4 is 20.9 Å². The maximum Gasteiger partial charge on any atom is 0.277 e. The summed E-state index contributed by atoms with van der Waals surface area (Å²) < 4.78 is 3.68. The van der Waals surface area contributed by atoms with Crippen molar-refractivity contribution in [3.05, 3.63) is 58.6 Å². The SMILES string of the molecule is CN(C)c1cc(Cl)cc(NC(=S)Nc2ccc(NC(=O)c3csnn3)cc2)c1. The lowest BCUT2D eigenvalue weighted by molar-refractivity contribution is 0.102. The molecular formula is C18H17ClN6OS2. The van der Waals surface area contributed by atoms with E-state index >= 15 is 0 Å². The maximum absolute atomic E-state index is 12.0. The Morgan fingerprint density at radius 1 is 1.04 bits per heavy atom. The molecule has 2 aromatic carbocycles. The first-order valence-electron chi connectivity index (χ1n) is 8.15. The van der Waals surface area contributed by atoms with Crippen LogP contribution in [0.1, 0.15) is 10.5 Å². The van der Waals surface area contributed by atoms with E-state index in [2.05, 4.69) is 25.5 Å². The van der Waals surface area contributed by atoms with Crippen LogP contribution in [0.15, 0.2) is 47.8 Å². The molecule has 10 heteroatoms. The van der Waals surface area contributed by atoms with Gasteiger partial charge in [-0.25, -0.2) is 0 Å². The van der Waals surface area contributed by atoms with E-state index in [1.807, 2.05) is 43.3 Å². The Bertz CT molecular complexity index is 976. The lowest BCUT2D eigenvalue weighted by atomic mass is 10.2. The molecule has 0 unspecified atom stereocenters. The molecule has 0 atom stereocenters. The number of anilines is 4. The topological polar surface area (TPSA) is 82.2 Å². The molecule has 144 valence electrons. The van der Waals surface area contributed by atoms with E-state index in [1.165, 1.54) is 0 Å². The summed E-state index contributed by atoms with van der Waals surface area (Å²) in [5, 5.41) is 15.3. The van der Waals surface area contributed by atoms with Crippen molar-refractivity contribution in [2.45, 2.75) is 0 Å². The van der Waals surface area contributed by atoms with E-state index in [-0.39, 0.29) is 11.6 Å². The molecule has 3 aromatic rings. The van der Waals surface area contributed by atoms with Crippen molar-refractivity contribution in [2.75, 3.05) is 34.9 Å². The van der Waals surface area contributed by atoms with Crippen molar-refractivity contribution in [3.63, 3.8) is 0 Å². The van der Waals surface area contributed by atoms with Gasteiger partial charge in [-0.3, -0.25) is 4.79 Å². The second kappa shape index (κ2) is 8.96. The van der Waals surface area contributed by atoms with Gasteiger partial charge >= 0.3 is 0 Å². The number of aromatic nitrogens is 2. The number of rotatable bonds is 5. The van der Waals surface area contributed by atoms with Crippen LogP contribution in [-0.4, -0.2) is 34.7 Å². The third kappa shape index (κ3) is 5.38. The van der Waals surface area contributed by atoms with E-state index < -0.39 is 0 Å². The second-order valence-electron chi connectivity index (χ2n) is 5.99. The highest BCUT2D eigenvalue weighted by Crippen LogP contribution is 2.24. The Hall–Kier alpha value is -2.75. The molecule has 1 heterocycles. The van der Waals surface area contributed by atoms with E-state index in [0.29, 0.717) is 15.8 Å². The van der Waals surface area contributed by atoms with Crippen molar-refractivity contribution in [1.29, 1.82) is 0 Å². The Kier molecular flexibility index (Phi) is 6.40. The van der Waals surface area contributed by atoms with Crippen LogP contribution in [0.4, 0.5) is 22.7 Å². The molecule has 0 aliphatic carbocycles. The fourth-order valence-corrected chi connectivity index (χ4v) is 3.19. The molecule has 28 heavy (non-hydrogen) atoms. The van der Waals surface area contributed by atoms with Gasteiger partial charge in [-0.05, 0) is 66.2 Å². The van der Waals surface area contributed by atoms with Crippen molar-refractivity contribution >= 4 is 69.1 Å². The summed E-state index contributed by atoms with van der Waals surface area (Å²) in [5.74, 6) is -0.302. The number of hydrogen-bond donors (Lipinski definition) is 3. The van der Waals surface area contributed by atoms with Crippen molar-refractivity contribution < 1.29 is 4.79 Å². The summed E-state index contributed by atoms with van der Waals surface area (Å²) in [7, 11) is 3.88. The summed E-state index contributed by atoms with van der Waals surface area (Å²) in [6, 6.07) is 12.8. The molecule has 7 nitrogen and oxygen atoms in total. The van der Waals surface area contributed by atoms with Gasteiger partial charge in [0.15, 0.2) is 10.8 Å². The smallest absolute Gasteiger partial charge is 0.277 e. The number of carbonyl (C=O) groups is 1. The predicted molar refractivity (Wildman–Crippen MR) is 120 cm³/mol. The van der Waals surface area contributed by atoms with Gasteiger partial charge in [0.25, 0.3) is 5.91 Å². The molecule has 1 aromatic heterocycles. The predicted octanol–water partition coefficient (Wildman–Crippen LogP) is 4.32. The number of nitrogens with one attached hydrogen (secondary N) is 3. The molecule has 0 aliphatic rings. The third-order valence-corrected chi connectivity index (χ3v) is 4.58. The zero-order chi connectivity index (χ0) is 20.1. The van der Waals surface area contributed by atoms with Crippen LogP contribution in [0.3, 0.4) is 0 Å². The van der Waals surface area contributed by atoms with Crippen LogP contribution in [0, 0.1) is 0 Å². The summed E-state index contributed by atoms with van der Waals surface area (Å²) in [4.78, 5) is 13.9. The first-order valence-corrected chi connectivity index (χ1v) is 9.77. The molecule has 0 saturated heterocycles.